The van der Waals surface area contributed by atoms with Crippen molar-refractivity contribution < 1.29 is 9.53 Å². The smallest absolute Gasteiger partial charge is 0.311 e. The van der Waals surface area contributed by atoms with Crippen LogP contribution in [0.3, 0.4) is 0 Å². The molecule has 3 rings (SSSR count). The summed E-state index contributed by atoms with van der Waals surface area (Å²) in [5, 5.41) is 13.8. The number of ether oxygens (including phenoxy) is 1. The van der Waals surface area contributed by atoms with E-state index in [1.807, 2.05) is 12.1 Å². The molecule has 25 heavy (non-hydrogen) atoms. The molecule has 0 amide bonds. The minimum absolute atomic E-state index is 0.101. The topological polar surface area (TPSA) is 69.4 Å². The fourth-order valence-electron chi connectivity index (χ4n) is 2.53. The van der Waals surface area contributed by atoms with Gasteiger partial charge in [0.25, 0.3) is 0 Å². The highest BCUT2D eigenvalue weighted by Crippen LogP contribution is 2.29. The van der Waals surface area contributed by atoms with Gasteiger partial charge in [0.15, 0.2) is 5.82 Å². The first-order valence-electron chi connectivity index (χ1n) is 8.30. The normalized spacial score (nSPS) is 14.0. The Bertz CT molecular complexity index is 803. The number of aromatic nitrogens is 3. The second kappa shape index (κ2) is 7.00. The lowest BCUT2D eigenvalue weighted by molar-refractivity contribution is -0.141. The number of nitrogens with zero attached hydrogens (tertiary/aromatic N) is 4. The minimum Gasteiger partial charge on any atom is -0.466 e. The lowest BCUT2D eigenvalue weighted by atomic mass is 9.87. The Labute approximate surface area is 151 Å². The molecule has 0 fully saturated rings. The van der Waals surface area contributed by atoms with Crippen LogP contribution in [0, 0.1) is 0 Å². The summed E-state index contributed by atoms with van der Waals surface area (Å²) >= 11 is 1.53. The van der Waals surface area contributed by atoms with Crippen LogP contribution in [-0.4, -0.2) is 38.9 Å². The maximum absolute atomic E-state index is 11.7. The third kappa shape index (κ3) is 3.92. The molecule has 0 radical (unpaired) electrons. The minimum atomic E-state index is -0.255. The fourth-order valence-corrected chi connectivity index (χ4v) is 3.33. The van der Waals surface area contributed by atoms with Crippen molar-refractivity contribution in [2.75, 3.05) is 12.4 Å². The Morgan fingerprint density at radius 1 is 1.24 bits per heavy atom. The molecule has 0 spiro atoms. The summed E-state index contributed by atoms with van der Waals surface area (Å²) in [4.78, 5) is 11.7. The van der Waals surface area contributed by atoms with Gasteiger partial charge in [-0.1, -0.05) is 56.8 Å². The van der Waals surface area contributed by atoms with Gasteiger partial charge < -0.3 is 4.74 Å². The highest BCUT2D eigenvalue weighted by molar-refractivity contribution is 7.99. The molecule has 0 atom stereocenters. The number of rotatable bonds is 4. The van der Waals surface area contributed by atoms with E-state index < -0.39 is 0 Å². The first kappa shape index (κ1) is 17.7. The number of thioether (sulfide) groups is 1. The molecule has 0 saturated heterocycles. The van der Waals surface area contributed by atoms with Crippen LogP contribution in [0.5, 0.6) is 0 Å². The van der Waals surface area contributed by atoms with Crippen molar-refractivity contribution in [1.82, 2.24) is 14.9 Å². The summed E-state index contributed by atoms with van der Waals surface area (Å²) in [7, 11) is 0. The van der Waals surface area contributed by atoms with Crippen LogP contribution in [0.1, 0.15) is 39.7 Å². The second-order valence-electron chi connectivity index (χ2n) is 6.88. The van der Waals surface area contributed by atoms with Crippen molar-refractivity contribution in [3.8, 4) is 11.4 Å². The quantitative estimate of drug-likeness (QED) is 0.782. The molecule has 6 nitrogen and oxygen atoms in total. The van der Waals surface area contributed by atoms with E-state index >= 15 is 0 Å². The Balaban J connectivity index is 1.88. The maximum atomic E-state index is 11.7. The van der Waals surface area contributed by atoms with Gasteiger partial charge in [0.1, 0.15) is 0 Å². The summed E-state index contributed by atoms with van der Waals surface area (Å²) in [5.74, 6) is 1.05. The van der Waals surface area contributed by atoms with E-state index in [1.54, 1.807) is 11.6 Å². The lowest BCUT2D eigenvalue weighted by Crippen LogP contribution is -2.18. The molecule has 0 saturated carbocycles. The second-order valence-corrected chi connectivity index (χ2v) is 7.82. The highest BCUT2D eigenvalue weighted by atomic mass is 32.2. The van der Waals surface area contributed by atoms with Gasteiger partial charge in [0, 0.05) is 11.3 Å². The van der Waals surface area contributed by atoms with Gasteiger partial charge in [-0.3, -0.25) is 4.79 Å². The van der Waals surface area contributed by atoms with Crippen molar-refractivity contribution in [3.63, 3.8) is 0 Å². The number of carbonyl (C=O) groups excluding carboxylic acids is 1. The number of benzene rings is 1. The highest BCUT2D eigenvalue weighted by Gasteiger charge is 2.22. The molecule has 132 valence electrons. The number of carbonyl (C=O) groups is 1. The first-order valence-corrected chi connectivity index (χ1v) is 9.28. The van der Waals surface area contributed by atoms with Crippen molar-refractivity contribution in [2.45, 2.75) is 44.7 Å². The summed E-state index contributed by atoms with van der Waals surface area (Å²) in [6, 6.07) is 8.29. The van der Waals surface area contributed by atoms with E-state index in [4.69, 9.17) is 4.74 Å². The summed E-state index contributed by atoms with van der Waals surface area (Å²) in [6.07, 6.45) is 0.195. The van der Waals surface area contributed by atoms with Crippen molar-refractivity contribution in [1.29, 1.82) is 0 Å². The van der Waals surface area contributed by atoms with E-state index in [2.05, 4.69) is 48.2 Å². The van der Waals surface area contributed by atoms with Crippen LogP contribution in [0.2, 0.25) is 0 Å². The number of fused-ring (bicyclic) bond motifs is 1. The SMILES string of the molecule is CCOC(=O)CC1=Nn2c(nnc2-c2ccc(C(C)(C)C)cc2)SC1. The van der Waals surface area contributed by atoms with Crippen molar-refractivity contribution in [3.05, 3.63) is 29.8 Å². The van der Waals surface area contributed by atoms with Crippen LogP contribution in [0.25, 0.3) is 11.4 Å². The van der Waals surface area contributed by atoms with Gasteiger partial charge in [-0.15, -0.1) is 10.2 Å². The van der Waals surface area contributed by atoms with Crippen LogP contribution in [0.4, 0.5) is 0 Å². The zero-order chi connectivity index (χ0) is 18.0. The summed E-state index contributed by atoms with van der Waals surface area (Å²) in [6.45, 7) is 8.73. The molecule has 2 aromatic rings. The Morgan fingerprint density at radius 2 is 1.96 bits per heavy atom. The predicted octanol–water partition coefficient (Wildman–Crippen LogP) is 3.51. The molecule has 0 bridgehead atoms. The van der Waals surface area contributed by atoms with Crippen LogP contribution in [-0.2, 0) is 14.9 Å². The molecule has 1 aromatic heterocycles. The molecular formula is C18H22N4O2S. The van der Waals surface area contributed by atoms with Crippen molar-refractivity contribution in [2.24, 2.45) is 5.10 Å². The molecule has 1 aliphatic rings. The Morgan fingerprint density at radius 3 is 2.60 bits per heavy atom. The summed E-state index contributed by atoms with van der Waals surface area (Å²) in [5.41, 5.74) is 3.08. The third-order valence-corrected chi connectivity index (χ3v) is 4.87. The van der Waals surface area contributed by atoms with Gasteiger partial charge in [-0.2, -0.15) is 9.78 Å². The zero-order valence-corrected chi connectivity index (χ0v) is 15.8. The molecule has 2 heterocycles. The van der Waals surface area contributed by atoms with E-state index in [0.29, 0.717) is 18.2 Å². The van der Waals surface area contributed by atoms with Crippen molar-refractivity contribution >= 4 is 23.4 Å². The van der Waals surface area contributed by atoms with Gasteiger partial charge in [-0.25, -0.2) is 0 Å². The standard InChI is InChI=1S/C18H22N4O2S/c1-5-24-15(23)10-14-11-25-17-20-19-16(22(17)21-14)12-6-8-13(9-7-12)18(2,3)4/h6-9H,5,10-11H2,1-4H3. The summed E-state index contributed by atoms with van der Waals surface area (Å²) < 4.78 is 6.72. The molecular weight excluding hydrogens is 336 g/mol. The average Bonchev–Trinajstić information content (AvgIpc) is 2.97. The molecule has 0 unspecified atom stereocenters. The van der Waals surface area contributed by atoms with E-state index in [-0.39, 0.29) is 17.8 Å². The van der Waals surface area contributed by atoms with Crippen LogP contribution >= 0.6 is 11.8 Å². The Hall–Kier alpha value is -2.15. The largest absolute Gasteiger partial charge is 0.466 e. The molecule has 0 aliphatic carbocycles. The van der Waals surface area contributed by atoms with E-state index in [0.717, 1.165) is 16.4 Å². The van der Waals surface area contributed by atoms with Crippen LogP contribution < -0.4 is 0 Å². The van der Waals surface area contributed by atoms with Gasteiger partial charge in [0.05, 0.1) is 18.7 Å². The lowest BCUT2D eigenvalue weighted by Gasteiger charge is -2.19. The molecule has 7 heteroatoms. The number of hydrogen-bond acceptors (Lipinski definition) is 6. The number of hydrogen-bond donors (Lipinski definition) is 0. The molecule has 1 aliphatic heterocycles. The Kier molecular flexibility index (Phi) is 4.94. The average molecular weight is 358 g/mol. The zero-order valence-electron chi connectivity index (χ0n) is 14.9. The van der Waals surface area contributed by atoms with Gasteiger partial charge >= 0.3 is 5.97 Å². The predicted molar refractivity (Wildman–Crippen MR) is 99.0 cm³/mol. The fraction of sp³-hybridized carbons (Fsp3) is 0.444. The monoisotopic (exact) mass is 358 g/mol. The molecule has 0 N–H and O–H groups in total. The third-order valence-electron chi connectivity index (χ3n) is 3.88. The molecule has 1 aromatic carbocycles. The number of esters is 1. The first-order chi connectivity index (χ1) is 11.9. The van der Waals surface area contributed by atoms with Crippen LogP contribution in [0.15, 0.2) is 34.5 Å². The van der Waals surface area contributed by atoms with Gasteiger partial charge in [-0.05, 0) is 17.9 Å². The van der Waals surface area contributed by atoms with E-state index in [9.17, 15) is 4.79 Å². The maximum Gasteiger partial charge on any atom is 0.311 e. The van der Waals surface area contributed by atoms with E-state index in [1.165, 1.54) is 17.3 Å². The van der Waals surface area contributed by atoms with Gasteiger partial charge in [0.2, 0.25) is 5.16 Å².